The highest BCUT2D eigenvalue weighted by atomic mass is 16.6. The zero-order chi connectivity index (χ0) is 16.8. The molecule has 0 aromatic rings. The Balaban J connectivity index is 1.77. The van der Waals surface area contributed by atoms with Crippen LogP contribution in [0.1, 0.15) is 19.8 Å². The first-order valence-corrected chi connectivity index (χ1v) is 8.10. The molecular formula is C16H27NO6. The number of nitrogens with zero attached hydrogens (tertiary/aromatic N) is 1. The van der Waals surface area contributed by atoms with Gasteiger partial charge in [0.15, 0.2) is 0 Å². The van der Waals surface area contributed by atoms with Crippen LogP contribution < -0.4 is 0 Å². The lowest BCUT2D eigenvalue weighted by Gasteiger charge is -2.13. The summed E-state index contributed by atoms with van der Waals surface area (Å²) in [5.41, 5.74) is 0. The highest BCUT2D eigenvalue weighted by molar-refractivity contribution is 6.12. The van der Waals surface area contributed by atoms with Gasteiger partial charge in [-0.3, -0.25) is 14.5 Å². The molecule has 2 amide bonds. The molecule has 132 valence electrons. The molecule has 0 fully saturated rings. The van der Waals surface area contributed by atoms with Crippen molar-refractivity contribution in [1.82, 2.24) is 4.90 Å². The van der Waals surface area contributed by atoms with Crippen molar-refractivity contribution in [2.24, 2.45) is 0 Å². The van der Waals surface area contributed by atoms with Crippen LogP contribution in [-0.2, 0) is 28.5 Å². The molecule has 1 heterocycles. The fourth-order valence-electron chi connectivity index (χ4n) is 1.82. The molecule has 0 atom stereocenters. The molecule has 0 saturated carbocycles. The van der Waals surface area contributed by atoms with Gasteiger partial charge in [0.2, 0.25) is 0 Å². The van der Waals surface area contributed by atoms with Gasteiger partial charge in [0, 0.05) is 18.8 Å². The molecule has 7 nitrogen and oxygen atoms in total. The van der Waals surface area contributed by atoms with Gasteiger partial charge in [0.1, 0.15) is 0 Å². The Morgan fingerprint density at radius 1 is 0.739 bits per heavy atom. The lowest BCUT2D eigenvalue weighted by atomic mass is 10.4. The van der Waals surface area contributed by atoms with Crippen molar-refractivity contribution in [1.29, 1.82) is 0 Å². The van der Waals surface area contributed by atoms with Gasteiger partial charge in [-0.05, 0) is 6.42 Å². The SMILES string of the molecule is CCCCOCCOCCOCCOCCN1C(=O)C=CC1=O. The minimum atomic E-state index is -0.286. The van der Waals surface area contributed by atoms with E-state index in [1.54, 1.807) is 0 Å². The topological polar surface area (TPSA) is 74.3 Å². The average molecular weight is 329 g/mol. The molecule has 0 unspecified atom stereocenters. The first-order valence-electron chi connectivity index (χ1n) is 8.10. The normalized spacial score (nSPS) is 14.2. The lowest BCUT2D eigenvalue weighted by Crippen LogP contribution is -2.33. The Bertz CT molecular complexity index is 354. The number of amides is 2. The zero-order valence-corrected chi connectivity index (χ0v) is 13.8. The summed E-state index contributed by atoms with van der Waals surface area (Å²) < 4.78 is 21.4. The molecule has 0 bridgehead atoms. The van der Waals surface area contributed by atoms with Crippen LogP contribution in [0, 0.1) is 0 Å². The van der Waals surface area contributed by atoms with Crippen LogP contribution in [0.25, 0.3) is 0 Å². The fraction of sp³-hybridized carbons (Fsp3) is 0.750. The Labute approximate surface area is 137 Å². The van der Waals surface area contributed by atoms with Crippen LogP contribution in [0.3, 0.4) is 0 Å². The summed E-state index contributed by atoms with van der Waals surface area (Å²) >= 11 is 0. The second-order valence-corrected chi connectivity index (χ2v) is 4.96. The minimum Gasteiger partial charge on any atom is -0.379 e. The van der Waals surface area contributed by atoms with Gasteiger partial charge in [-0.1, -0.05) is 13.3 Å². The Kier molecular flexibility index (Phi) is 11.3. The number of hydrogen-bond acceptors (Lipinski definition) is 6. The molecule has 0 N–H and O–H groups in total. The van der Waals surface area contributed by atoms with Crippen LogP contribution in [0.2, 0.25) is 0 Å². The quantitative estimate of drug-likeness (QED) is 0.326. The summed E-state index contributed by atoms with van der Waals surface area (Å²) in [5.74, 6) is -0.573. The highest BCUT2D eigenvalue weighted by Gasteiger charge is 2.22. The predicted octanol–water partition coefficient (Wildman–Crippen LogP) is 0.778. The van der Waals surface area contributed by atoms with Crippen LogP contribution in [0.15, 0.2) is 12.2 Å². The van der Waals surface area contributed by atoms with Gasteiger partial charge < -0.3 is 18.9 Å². The lowest BCUT2D eigenvalue weighted by molar-refractivity contribution is -0.137. The Morgan fingerprint density at radius 2 is 1.17 bits per heavy atom. The first kappa shape index (κ1) is 19.8. The molecule has 1 rings (SSSR count). The number of unbranched alkanes of at least 4 members (excludes halogenated alkanes) is 1. The van der Waals surface area contributed by atoms with Crippen molar-refractivity contribution in [3.05, 3.63) is 12.2 Å². The number of carbonyl (C=O) groups excluding carboxylic acids is 2. The van der Waals surface area contributed by atoms with E-state index in [2.05, 4.69) is 6.92 Å². The molecule has 0 aromatic heterocycles. The van der Waals surface area contributed by atoms with Crippen LogP contribution in [0.5, 0.6) is 0 Å². The summed E-state index contributed by atoms with van der Waals surface area (Å²) in [5, 5.41) is 0. The van der Waals surface area contributed by atoms with E-state index in [4.69, 9.17) is 18.9 Å². The van der Waals surface area contributed by atoms with Gasteiger partial charge in [0.25, 0.3) is 11.8 Å². The van der Waals surface area contributed by atoms with E-state index >= 15 is 0 Å². The van der Waals surface area contributed by atoms with Crippen molar-refractivity contribution in [3.63, 3.8) is 0 Å². The number of rotatable bonds is 15. The molecule has 1 aliphatic rings. The number of hydrogen-bond donors (Lipinski definition) is 0. The van der Waals surface area contributed by atoms with Crippen molar-refractivity contribution in [3.8, 4) is 0 Å². The summed E-state index contributed by atoms with van der Waals surface area (Å²) in [6, 6.07) is 0. The highest BCUT2D eigenvalue weighted by Crippen LogP contribution is 2.02. The maximum absolute atomic E-state index is 11.3. The molecule has 7 heteroatoms. The van der Waals surface area contributed by atoms with E-state index in [1.165, 1.54) is 12.2 Å². The van der Waals surface area contributed by atoms with E-state index in [-0.39, 0.29) is 18.4 Å². The summed E-state index contributed by atoms with van der Waals surface area (Å²) in [6.07, 6.45) is 4.75. The van der Waals surface area contributed by atoms with Crippen LogP contribution in [-0.4, -0.2) is 76.1 Å². The summed E-state index contributed by atoms with van der Waals surface area (Å²) in [4.78, 5) is 23.7. The second kappa shape index (κ2) is 13.2. The van der Waals surface area contributed by atoms with E-state index < -0.39 is 0 Å². The maximum atomic E-state index is 11.3. The molecule has 0 spiro atoms. The number of carbonyl (C=O) groups is 2. The smallest absolute Gasteiger partial charge is 0.253 e. The van der Waals surface area contributed by atoms with Crippen molar-refractivity contribution < 1.29 is 28.5 Å². The third-order valence-corrected chi connectivity index (χ3v) is 3.12. The van der Waals surface area contributed by atoms with Gasteiger partial charge in [-0.25, -0.2) is 0 Å². The maximum Gasteiger partial charge on any atom is 0.253 e. The largest absolute Gasteiger partial charge is 0.379 e. The summed E-state index contributed by atoms with van der Waals surface area (Å²) in [7, 11) is 0. The molecule has 0 aliphatic carbocycles. The molecule has 1 aliphatic heterocycles. The standard InChI is InChI=1S/C16H27NO6/c1-2-3-7-20-9-11-22-13-14-23-12-10-21-8-6-17-15(18)4-5-16(17)19/h4-5H,2-3,6-14H2,1H3. The van der Waals surface area contributed by atoms with Crippen molar-refractivity contribution >= 4 is 11.8 Å². The van der Waals surface area contributed by atoms with Crippen molar-refractivity contribution in [2.75, 3.05) is 59.4 Å². The third-order valence-electron chi connectivity index (χ3n) is 3.12. The van der Waals surface area contributed by atoms with E-state index in [0.29, 0.717) is 46.2 Å². The van der Waals surface area contributed by atoms with E-state index in [1.807, 2.05) is 0 Å². The van der Waals surface area contributed by atoms with Gasteiger partial charge in [-0.15, -0.1) is 0 Å². The summed E-state index contributed by atoms with van der Waals surface area (Å²) in [6.45, 7) is 6.61. The van der Waals surface area contributed by atoms with E-state index in [0.717, 1.165) is 24.3 Å². The van der Waals surface area contributed by atoms with Crippen LogP contribution in [0.4, 0.5) is 0 Å². The second-order valence-electron chi connectivity index (χ2n) is 4.96. The van der Waals surface area contributed by atoms with Crippen LogP contribution >= 0.6 is 0 Å². The third kappa shape index (κ3) is 9.45. The minimum absolute atomic E-state index is 0.270. The molecule has 23 heavy (non-hydrogen) atoms. The zero-order valence-electron chi connectivity index (χ0n) is 13.8. The van der Waals surface area contributed by atoms with Crippen molar-refractivity contribution in [2.45, 2.75) is 19.8 Å². The number of ether oxygens (including phenoxy) is 4. The van der Waals surface area contributed by atoms with Gasteiger partial charge in [-0.2, -0.15) is 0 Å². The molecule has 0 aromatic carbocycles. The molecule has 0 radical (unpaired) electrons. The van der Waals surface area contributed by atoms with Gasteiger partial charge in [0.05, 0.1) is 52.8 Å². The first-order chi connectivity index (χ1) is 11.3. The predicted molar refractivity (Wildman–Crippen MR) is 84.0 cm³/mol. The average Bonchev–Trinajstić information content (AvgIpc) is 2.86. The number of imide groups is 1. The Hall–Kier alpha value is -1.28. The molecule has 0 saturated heterocycles. The van der Waals surface area contributed by atoms with E-state index in [9.17, 15) is 9.59 Å². The van der Waals surface area contributed by atoms with Gasteiger partial charge >= 0.3 is 0 Å². The molecular weight excluding hydrogens is 302 g/mol. The monoisotopic (exact) mass is 329 g/mol. The fourth-order valence-corrected chi connectivity index (χ4v) is 1.82. The Morgan fingerprint density at radius 3 is 1.65 bits per heavy atom.